The molecule has 0 radical (unpaired) electrons. The van der Waals surface area contributed by atoms with Gasteiger partial charge in [0.05, 0.1) is 7.11 Å². The maximum absolute atomic E-state index is 12.4. The van der Waals surface area contributed by atoms with E-state index in [0.717, 1.165) is 13.0 Å². The number of hydrogen-bond acceptors (Lipinski definition) is 5. The Morgan fingerprint density at radius 2 is 1.96 bits per heavy atom. The van der Waals surface area contributed by atoms with E-state index < -0.39 is 0 Å². The molecule has 2 fully saturated rings. The van der Waals surface area contributed by atoms with E-state index in [1.54, 1.807) is 36.4 Å². The fourth-order valence-corrected chi connectivity index (χ4v) is 3.52. The molecule has 1 aliphatic carbocycles. The number of amides is 1. The number of methoxy groups -OCH3 is 1. The van der Waals surface area contributed by atoms with Gasteiger partial charge in [-0.15, -0.1) is 0 Å². The summed E-state index contributed by atoms with van der Waals surface area (Å²) >= 11 is 0. The van der Waals surface area contributed by atoms with Crippen molar-refractivity contribution in [2.24, 2.45) is 5.92 Å². The van der Waals surface area contributed by atoms with Crippen LogP contribution in [0.2, 0.25) is 0 Å². The maximum Gasteiger partial charge on any atom is 0.292 e. The Labute approximate surface area is 140 Å². The van der Waals surface area contributed by atoms with Crippen LogP contribution >= 0.6 is 0 Å². The number of piperidine rings is 1. The minimum atomic E-state index is -0.0411. The summed E-state index contributed by atoms with van der Waals surface area (Å²) in [5.41, 5.74) is 0.627. The predicted molar refractivity (Wildman–Crippen MR) is 87.5 cm³/mol. The summed E-state index contributed by atoms with van der Waals surface area (Å²) in [6.45, 7) is 1.08. The number of benzene rings is 1. The molecular weight excluding hydrogens is 308 g/mol. The molecule has 1 aliphatic heterocycles. The fraction of sp³-hybridized carbons (Fsp3) is 0.389. The zero-order chi connectivity index (χ0) is 16.5. The van der Waals surface area contributed by atoms with Crippen molar-refractivity contribution < 1.29 is 18.7 Å². The van der Waals surface area contributed by atoms with E-state index in [0.29, 0.717) is 35.2 Å². The minimum Gasteiger partial charge on any atom is -0.468 e. The highest BCUT2D eigenvalue weighted by atomic mass is 16.6. The Hall–Kier alpha value is -2.47. The SMILES string of the molecule is COc1ccc(Oc2ccc(C(=O)NC3CC4CNC3C4)cc2)o1. The first kappa shape index (κ1) is 15.1. The first-order valence-electron chi connectivity index (χ1n) is 8.17. The number of rotatable bonds is 5. The molecule has 1 aromatic carbocycles. The van der Waals surface area contributed by atoms with Gasteiger partial charge in [-0.3, -0.25) is 4.79 Å². The second-order valence-corrected chi connectivity index (χ2v) is 6.34. The highest BCUT2D eigenvalue weighted by Crippen LogP contribution is 2.31. The van der Waals surface area contributed by atoms with Crippen molar-refractivity contribution in [2.45, 2.75) is 24.9 Å². The van der Waals surface area contributed by atoms with Gasteiger partial charge in [-0.1, -0.05) is 0 Å². The molecule has 2 aromatic rings. The molecule has 4 rings (SSSR count). The van der Waals surface area contributed by atoms with Crippen LogP contribution in [-0.2, 0) is 0 Å². The predicted octanol–water partition coefficient (Wildman–Crippen LogP) is 2.56. The van der Waals surface area contributed by atoms with Crippen LogP contribution in [0.3, 0.4) is 0 Å². The highest BCUT2D eigenvalue weighted by molar-refractivity contribution is 5.94. The van der Waals surface area contributed by atoms with Crippen LogP contribution < -0.4 is 20.1 Å². The Bertz CT molecular complexity index is 725. The van der Waals surface area contributed by atoms with Crippen molar-refractivity contribution in [1.82, 2.24) is 10.6 Å². The molecular formula is C18H20N2O4. The topological polar surface area (TPSA) is 72.7 Å². The summed E-state index contributed by atoms with van der Waals surface area (Å²) in [5.74, 6) is 2.00. The van der Waals surface area contributed by atoms with Gasteiger partial charge in [0, 0.05) is 29.8 Å². The van der Waals surface area contributed by atoms with Crippen molar-refractivity contribution in [3.63, 3.8) is 0 Å². The average Bonchev–Trinajstić information content (AvgIpc) is 3.32. The average molecular weight is 328 g/mol. The Morgan fingerprint density at radius 1 is 1.17 bits per heavy atom. The largest absolute Gasteiger partial charge is 0.468 e. The molecule has 1 amide bonds. The van der Waals surface area contributed by atoms with Crippen molar-refractivity contribution in [3.05, 3.63) is 42.0 Å². The van der Waals surface area contributed by atoms with Crippen molar-refractivity contribution >= 4 is 5.91 Å². The van der Waals surface area contributed by atoms with Crippen LogP contribution in [0.5, 0.6) is 17.6 Å². The lowest BCUT2D eigenvalue weighted by Crippen LogP contribution is -2.47. The zero-order valence-corrected chi connectivity index (χ0v) is 13.5. The van der Waals surface area contributed by atoms with Gasteiger partial charge >= 0.3 is 0 Å². The zero-order valence-electron chi connectivity index (χ0n) is 13.5. The lowest BCUT2D eigenvalue weighted by Gasteiger charge is -2.24. The van der Waals surface area contributed by atoms with Crippen LogP contribution in [-0.4, -0.2) is 31.6 Å². The number of carbonyl (C=O) groups excluding carboxylic acids is 1. The number of nitrogens with one attached hydrogen (secondary N) is 2. The maximum atomic E-state index is 12.4. The third-order valence-corrected chi connectivity index (χ3v) is 4.74. The second kappa shape index (κ2) is 6.20. The van der Waals surface area contributed by atoms with Gasteiger partial charge in [0.1, 0.15) is 5.75 Å². The molecule has 6 nitrogen and oxygen atoms in total. The molecule has 2 bridgehead atoms. The Balaban J connectivity index is 1.37. The third-order valence-electron chi connectivity index (χ3n) is 4.74. The van der Waals surface area contributed by atoms with Crippen LogP contribution in [0.15, 0.2) is 40.8 Å². The molecule has 24 heavy (non-hydrogen) atoms. The number of carbonyl (C=O) groups is 1. The Morgan fingerprint density at radius 3 is 2.58 bits per heavy atom. The lowest BCUT2D eigenvalue weighted by atomic mass is 10.1. The molecule has 1 saturated carbocycles. The molecule has 2 N–H and O–H groups in total. The van der Waals surface area contributed by atoms with Crippen molar-refractivity contribution in [1.29, 1.82) is 0 Å². The van der Waals surface area contributed by atoms with E-state index in [9.17, 15) is 4.79 Å². The number of fused-ring (bicyclic) bond motifs is 2. The van der Waals surface area contributed by atoms with E-state index in [1.165, 1.54) is 13.5 Å². The fourth-order valence-electron chi connectivity index (χ4n) is 3.52. The van der Waals surface area contributed by atoms with Gasteiger partial charge in [0.2, 0.25) is 0 Å². The van der Waals surface area contributed by atoms with Gasteiger partial charge < -0.3 is 24.5 Å². The summed E-state index contributed by atoms with van der Waals surface area (Å²) in [4.78, 5) is 12.4. The second-order valence-electron chi connectivity index (χ2n) is 6.34. The summed E-state index contributed by atoms with van der Waals surface area (Å²) in [6, 6.07) is 11.0. The quantitative estimate of drug-likeness (QED) is 0.882. The van der Waals surface area contributed by atoms with Crippen LogP contribution in [0, 0.1) is 5.92 Å². The van der Waals surface area contributed by atoms with Crippen LogP contribution in [0.4, 0.5) is 0 Å². The third kappa shape index (κ3) is 2.97. The number of furan rings is 1. The first-order valence-corrected chi connectivity index (χ1v) is 8.17. The van der Waals surface area contributed by atoms with Gasteiger partial charge in [0.25, 0.3) is 17.8 Å². The molecule has 6 heteroatoms. The van der Waals surface area contributed by atoms with Gasteiger partial charge in [0.15, 0.2) is 0 Å². The minimum absolute atomic E-state index is 0.0411. The van der Waals surface area contributed by atoms with Gasteiger partial charge in [-0.05, 0) is 49.6 Å². The molecule has 2 aliphatic rings. The molecule has 2 heterocycles. The molecule has 1 aromatic heterocycles. The van der Waals surface area contributed by atoms with Crippen LogP contribution in [0.25, 0.3) is 0 Å². The normalized spacial score (nSPS) is 24.8. The van der Waals surface area contributed by atoms with Gasteiger partial charge in [-0.25, -0.2) is 0 Å². The smallest absolute Gasteiger partial charge is 0.292 e. The number of ether oxygens (including phenoxy) is 2. The van der Waals surface area contributed by atoms with E-state index in [1.807, 2.05) is 0 Å². The van der Waals surface area contributed by atoms with Crippen LogP contribution in [0.1, 0.15) is 23.2 Å². The standard InChI is InChI=1S/C18H20N2O4/c1-22-16-6-7-17(24-16)23-13-4-2-12(3-5-13)18(21)20-15-9-11-8-14(15)19-10-11/h2-7,11,14-15,19H,8-10H2,1H3,(H,20,21). The summed E-state index contributed by atoms with van der Waals surface area (Å²) in [7, 11) is 1.53. The highest BCUT2D eigenvalue weighted by Gasteiger charge is 2.39. The van der Waals surface area contributed by atoms with Crippen molar-refractivity contribution in [3.8, 4) is 17.6 Å². The molecule has 1 saturated heterocycles. The van der Waals surface area contributed by atoms with E-state index in [2.05, 4.69) is 10.6 Å². The van der Waals surface area contributed by atoms with E-state index in [-0.39, 0.29) is 11.9 Å². The number of hydrogen-bond donors (Lipinski definition) is 2. The summed E-state index contributed by atoms with van der Waals surface area (Å²) in [5, 5.41) is 6.58. The molecule has 0 spiro atoms. The van der Waals surface area contributed by atoms with Gasteiger partial charge in [-0.2, -0.15) is 0 Å². The molecule has 3 unspecified atom stereocenters. The molecule has 126 valence electrons. The summed E-state index contributed by atoms with van der Waals surface area (Å²) < 4.78 is 15.8. The first-order chi connectivity index (χ1) is 11.7. The van der Waals surface area contributed by atoms with E-state index >= 15 is 0 Å². The van der Waals surface area contributed by atoms with E-state index in [4.69, 9.17) is 13.9 Å². The summed E-state index contributed by atoms with van der Waals surface area (Å²) in [6.07, 6.45) is 2.25. The monoisotopic (exact) mass is 328 g/mol. The Kier molecular flexibility index (Phi) is 3.90. The molecule has 3 atom stereocenters. The van der Waals surface area contributed by atoms with Crippen molar-refractivity contribution in [2.75, 3.05) is 13.7 Å². The lowest BCUT2D eigenvalue weighted by molar-refractivity contribution is 0.0928.